The van der Waals surface area contributed by atoms with E-state index in [0.29, 0.717) is 27.0 Å². The smallest absolute Gasteiger partial charge is 0.340 e. The molecule has 0 aliphatic rings. The lowest BCUT2D eigenvalue weighted by Crippen LogP contribution is -2.19. The van der Waals surface area contributed by atoms with Crippen molar-refractivity contribution in [1.82, 2.24) is 4.98 Å². The van der Waals surface area contributed by atoms with Gasteiger partial charge in [-0.2, -0.15) is 0 Å². The fourth-order valence-electron chi connectivity index (χ4n) is 2.70. The lowest BCUT2D eigenvalue weighted by atomic mass is 10.1. The van der Waals surface area contributed by atoms with E-state index in [1.54, 1.807) is 39.0 Å². The van der Waals surface area contributed by atoms with E-state index in [2.05, 4.69) is 4.98 Å². The molecular weight excluding hydrogens is 393 g/mol. The van der Waals surface area contributed by atoms with Crippen LogP contribution in [0.3, 0.4) is 0 Å². The number of nitrogens with one attached hydrogen (secondary N) is 1. The molecule has 0 atom stereocenters. The number of esters is 2. The maximum Gasteiger partial charge on any atom is 0.340 e. The first-order valence-corrected chi connectivity index (χ1v) is 8.99. The van der Waals surface area contributed by atoms with Gasteiger partial charge in [-0.3, -0.25) is 9.59 Å². The molecule has 1 N–H and O–H groups in total. The molecule has 0 saturated carbocycles. The van der Waals surface area contributed by atoms with E-state index >= 15 is 0 Å². The van der Waals surface area contributed by atoms with Crippen molar-refractivity contribution in [1.29, 1.82) is 0 Å². The Morgan fingerprint density at radius 3 is 2.19 bits per heavy atom. The maximum absolute atomic E-state index is 12.5. The van der Waals surface area contributed by atoms with Crippen LogP contribution in [0.2, 0.25) is 10.0 Å². The second kappa shape index (κ2) is 9.06. The quantitative estimate of drug-likeness (QED) is 0.547. The van der Waals surface area contributed by atoms with Crippen molar-refractivity contribution in [2.24, 2.45) is 0 Å². The van der Waals surface area contributed by atoms with Crippen LogP contribution in [-0.4, -0.2) is 35.9 Å². The van der Waals surface area contributed by atoms with Crippen molar-refractivity contribution >= 4 is 40.9 Å². The number of aromatic amines is 1. The van der Waals surface area contributed by atoms with E-state index in [1.165, 1.54) is 0 Å². The van der Waals surface area contributed by atoms with Crippen molar-refractivity contribution in [3.8, 4) is 0 Å². The van der Waals surface area contributed by atoms with Crippen LogP contribution < -0.4 is 0 Å². The van der Waals surface area contributed by atoms with E-state index in [4.69, 9.17) is 32.7 Å². The summed E-state index contributed by atoms with van der Waals surface area (Å²) in [5.74, 6) is -1.75. The van der Waals surface area contributed by atoms with Gasteiger partial charge in [0.2, 0.25) is 5.78 Å². The topological polar surface area (TPSA) is 85.5 Å². The summed E-state index contributed by atoms with van der Waals surface area (Å²) < 4.78 is 10.1. The molecule has 0 unspecified atom stereocenters. The molecule has 144 valence electrons. The van der Waals surface area contributed by atoms with Crippen LogP contribution in [0.1, 0.15) is 44.6 Å². The maximum atomic E-state index is 12.5. The summed E-state index contributed by atoms with van der Waals surface area (Å²) in [5.41, 5.74) is 1.77. The van der Waals surface area contributed by atoms with Gasteiger partial charge < -0.3 is 14.5 Å². The molecular formula is C19H19Cl2NO5. The van der Waals surface area contributed by atoms with Gasteiger partial charge in [-0.05, 0) is 32.9 Å². The number of hydrogen-bond donors (Lipinski definition) is 1. The Balaban J connectivity index is 2.10. The molecule has 2 aromatic rings. The molecule has 0 spiro atoms. The molecule has 1 aromatic carbocycles. The highest BCUT2D eigenvalue weighted by Crippen LogP contribution is 2.25. The Hall–Kier alpha value is -2.31. The number of ketones is 1. The minimum atomic E-state index is -0.652. The molecule has 0 amide bonds. The third-order valence-corrected chi connectivity index (χ3v) is 4.59. The summed E-state index contributed by atoms with van der Waals surface area (Å²) >= 11 is 12.1. The Bertz CT molecular complexity index is 868. The number of ether oxygens (including phenoxy) is 2. The van der Waals surface area contributed by atoms with Gasteiger partial charge in [-0.25, -0.2) is 4.79 Å². The van der Waals surface area contributed by atoms with Crippen molar-refractivity contribution in [2.75, 3.05) is 13.2 Å². The molecule has 8 heteroatoms. The van der Waals surface area contributed by atoms with Crippen LogP contribution >= 0.6 is 23.2 Å². The summed E-state index contributed by atoms with van der Waals surface area (Å²) in [4.78, 5) is 39.7. The highest BCUT2D eigenvalue weighted by atomic mass is 35.5. The molecule has 0 aliphatic heterocycles. The molecule has 2 rings (SSSR count). The number of carbonyl (C=O) groups is 3. The monoisotopic (exact) mass is 411 g/mol. The minimum absolute atomic E-state index is 0.157. The second-order valence-corrected chi connectivity index (χ2v) is 6.62. The summed E-state index contributed by atoms with van der Waals surface area (Å²) in [6.45, 7) is 4.68. The number of aryl methyl sites for hydroxylation is 2. The number of carbonyl (C=O) groups excluding carboxylic acids is 3. The zero-order chi connectivity index (χ0) is 20.1. The third-order valence-electron chi connectivity index (χ3n) is 3.88. The summed E-state index contributed by atoms with van der Waals surface area (Å²) in [6.07, 6.45) is -0.165. The summed E-state index contributed by atoms with van der Waals surface area (Å²) in [6, 6.07) is 4.88. The molecule has 27 heavy (non-hydrogen) atoms. The van der Waals surface area contributed by atoms with Crippen molar-refractivity contribution < 1.29 is 23.9 Å². The summed E-state index contributed by atoms with van der Waals surface area (Å²) in [7, 11) is 0. The van der Waals surface area contributed by atoms with Gasteiger partial charge in [-0.15, -0.1) is 0 Å². The number of benzene rings is 1. The van der Waals surface area contributed by atoms with E-state index in [0.717, 1.165) is 0 Å². The lowest BCUT2D eigenvalue weighted by Gasteiger charge is -2.08. The average Bonchev–Trinajstić information content (AvgIpc) is 2.90. The fraction of sp³-hybridized carbons (Fsp3) is 0.316. The molecule has 0 saturated heterocycles. The Labute approximate surface area is 166 Å². The van der Waals surface area contributed by atoms with Gasteiger partial charge >= 0.3 is 11.9 Å². The predicted octanol–water partition coefficient (Wildman–Crippen LogP) is 4.08. The second-order valence-electron chi connectivity index (χ2n) is 5.81. The molecule has 0 aliphatic carbocycles. The molecule has 0 bridgehead atoms. The molecule has 0 radical (unpaired) electrons. The van der Waals surface area contributed by atoms with Gasteiger partial charge in [0.15, 0.2) is 6.61 Å². The first kappa shape index (κ1) is 21.0. The van der Waals surface area contributed by atoms with E-state index in [1.807, 2.05) is 0 Å². The van der Waals surface area contributed by atoms with Gasteiger partial charge in [-0.1, -0.05) is 29.3 Å². The van der Waals surface area contributed by atoms with E-state index < -0.39 is 24.3 Å². The molecule has 0 fully saturated rings. The zero-order valence-corrected chi connectivity index (χ0v) is 16.7. The number of H-pyrrole nitrogens is 1. The van der Waals surface area contributed by atoms with Crippen LogP contribution in [-0.2, 0) is 20.7 Å². The number of Topliss-reactive ketones (excluding diaryl/α,β-unsaturated/α-hetero) is 1. The van der Waals surface area contributed by atoms with Crippen LogP contribution in [0.15, 0.2) is 18.2 Å². The van der Waals surface area contributed by atoms with Crippen molar-refractivity contribution in [3.05, 3.63) is 56.3 Å². The van der Waals surface area contributed by atoms with Crippen LogP contribution in [0.4, 0.5) is 0 Å². The first-order chi connectivity index (χ1) is 12.8. The zero-order valence-electron chi connectivity index (χ0n) is 15.2. The fourth-order valence-corrected chi connectivity index (χ4v) is 3.23. The number of rotatable bonds is 7. The molecule has 1 heterocycles. The number of halogens is 2. The van der Waals surface area contributed by atoms with Crippen molar-refractivity contribution in [3.63, 3.8) is 0 Å². The van der Waals surface area contributed by atoms with Crippen LogP contribution in [0, 0.1) is 13.8 Å². The Morgan fingerprint density at radius 2 is 1.59 bits per heavy atom. The van der Waals surface area contributed by atoms with Crippen LogP contribution in [0.25, 0.3) is 0 Å². The first-order valence-electron chi connectivity index (χ1n) is 8.24. The number of aromatic nitrogens is 1. The van der Waals surface area contributed by atoms with Gasteiger partial charge in [0.25, 0.3) is 0 Å². The summed E-state index contributed by atoms with van der Waals surface area (Å²) in [5, 5.41) is 0.681. The van der Waals surface area contributed by atoms with Gasteiger partial charge in [0, 0.05) is 27.0 Å². The largest absolute Gasteiger partial charge is 0.462 e. The Kier molecular flexibility index (Phi) is 7.05. The highest BCUT2D eigenvalue weighted by molar-refractivity contribution is 6.36. The minimum Gasteiger partial charge on any atom is -0.462 e. The lowest BCUT2D eigenvalue weighted by molar-refractivity contribution is -0.141. The molecule has 1 aromatic heterocycles. The average molecular weight is 412 g/mol. The third kappa shape index (κ3) is 4.90. The van der Waals surface area contributed by atoms with Gasteiger partial charge in [0.1, 0.15) is 0 Å². The molecule has 6 nitrogen and oxygen atoms in total. The van der Waals surface area contributed by atoms with E-state index in [-0.39, 0.29) is 24.2 Å². The highest BCUT2D eigenvalue weighted by Gasteiger charge is 2.26. The van der Waals surface area contributed by atoms with Crippen molar-refractivity contribution in [2.45, 2.75) is 27.2 Å². The normalized spacial score (nSPS) is 10.6. The van der Waals surface area contributed by atoms with Gasteiger partial charge in [0.05, 0.1) is 24.2 Å². The number of hydrogen-bond acceptors (Lipinski definition) is 5. The van der Waals surface area contributed by atoms with E-state index in [9.17, 15) is 14.4 Å². The standard InChI is InChI=1S/C19H19Cl2NO5/c1-4-26-19(25)18-11(3)22-10(2)17(18)15(23)9-27-16(24)8-12-13(20)6-5-7-14(12)21/h5-7,22H,4,8-9H2,1-3H3. The SMILES string of the molecule is CCOC(=O)c1c(C)[nH]c(C)c1C(=O)COC(=O)Cc1c(Cl)cccc1Cl. The predicted molar refractivity (Wildman–Crippen MR) is 102 cm³/mol. The van der Waals surface area contributed by atoms with Crippen LogP contribution in [0.5, 0.6) is 0 Å². The Morgan fingerprint density at radius 1 is 1.00 bits per heavy atom.